The van der Waals surface area contributed by atoms with Gasteiger partial charge in [0.2, 0.25) is 5.91 Å². The molecule has 1 aliphatic carbocycles. The van der Waals surface area contributed by atoms with E-state index < -0.39 is 0 Å². The molecular weight excluding hydrogens is 336 g/mol. The second kappa shape index (κ2) is 8.38. The van der Waals surface area contributed by atoms with Gasteiger partial charge in [-0.05, 0) is 44.0 Å². The largest absolute Gasteiger partial charge is 0.497 e. The highest BCUT2D eigenvalue weighted by Gasteiger charge is 2.25. The van der Waals surface area contributed by atoms with Crippen molar-refractivity contribution in [3.8, 4) is 11.4 Å². The van der Waals surface area contributed by atoms with Crippen LogP contribution in [0.3, 0.4) is 0 Å². The van der Waals surface area contributed by atoms with Crippen molar-refractivity contribution in [3.05, 3.63) is 30.6 Å². The summed E-state index contributed by atoms with van der Waals surface area (Å²) in [6, 6.07) is 8.11. The number of amides is 1. The molecule has 134 valence electrons. The molecular formula is C18H24N4O2S. The lowest BCUT2D eigenvalue weighted by Crippen LogP contribution is -2.39. The highest BCUT2D eigenvalue weighted by atomic mass is 32.2. The summed E-state index contributed by atoms with van der Waals surface area (Å²) in [5, 5.41) is 8.88. The van der Waals surface area contributed by atoms with Gasteiger partial charge in [-0.15, -0.1) is 10.2 Å². The number of nitrogens with zero attached hydrogens (tertiary/aromatic N) is 4. The third-order valence-electron chi connectivity index (χ3n) is 4.62. The van der Waals surface area contributed by atoms with E-state index in [0.29, 0.717) is 11.8 Å². The predicted molar refractivity (Wildman–Crippen MR) is 98.3 cm³/mol. The number of aromatic nitrogens is 3. The van der Waals surface area contributed by atoms with Crippen LogP contribution in [0.5, 0.6) is 5.75 Å². The smallest absolute Gasteiger partial charge is 0.233 e. The van der Waals surface area contributed by atoms with E-state index in [1.54, 1.807) is 13.4 Å². The molecule has 0 spiro atoms. The number of thioether (sulfide) groups is 1. The number of rotatable bonds is 7. The van der Waals surface area contributed by atoms with Crippen molar-refractivity contribution in [3.63, 3.8) is 0 Å². The maximum absolute atomic E-state index is 12.6. The summed E-state index contributed by atoms with van der Waals surface area (Å²) < 4.78 is 7.08. The Balaban J connectivity index is 1.65. The molecule has 1 aliphatic rings. The maximum atomic E-state index is 12.6. The Morgan fingerprint density at radius 2 is 2.04 bits per heavy atom. The molecule has 7 heteroatoms. The van der Waals surface area contributed by atoms with E-state index in [1.165, 1.54) is 24.6 Å². The van der Waals surface area contributed by atoms with Crippen molar-refractivity contribution in [2.24, 2.45) is 0 Å². The summed E-state index contributed by atoms with van der Waals surface area (Å²) in [7, 11) is 1.64. The van der Waals surface area contributed by atoms with Crippen LogP contribution in [-0.2, 0) is 4.79 Å². The van der Waals surface area contributed by atoms with E-state index >= 15 is 0 Å². The molecule has 0 atom stereocenters. The van der Waals surface area contributed by atoms with Gasteiger partial charge in [-0.25, -0.2) is 0 Å². The van der Waals surface area contributed by atoms with Crippen LogP contribution in [0.25, 0.3) is 5.69 Å². The molecule has 0 saturated heterocycles. The Bertz CT molecular complexity index is 695. The molecule has 0 unspecified atom stereocenters. The molecule has 0 N–H and O–H groups in total. The molecule has 25 heavy (non-hydrogen) atoms. The number of ether oxygens (including phenoxy) is 1. The monoisotopic (exact) mass is 360 g/mol. The van der Waals surface area contributed by atoms with Crippen molar-refractivity contribution < 1.29 is 9.53 Å². The Morgan fingerprint density at radius 1 is 1.32 bits per heavy atom. The number of benzene rings is 1. The van der Waals surface area contributed by atoms with Crippen molar-refractivity contribution in [2.75, 3.05) is 19.4 Å². The molecule has 0 bridgehead atoms. The molecule has 1 fully saturated rings. The third kappa shape index (κ3) is 4.15. The molecule has 1 heterocycles. The maximum Gasteiger partial charge on any atom is 0.233 e. The molecule has 3 rings (SSSR count). The first kappa shape index (κ1) is 17.8. The minimum Gasteiger partial charge on any atom is -0.497 e. The molecule has 0 radical (unpaired) electrons. The average Bonchev–Trinajstić information content (AvgIpc) is 3.32. The standard InChI is InChI=1S/C18H24N4O2S/c1-3-21(14-6-4-5-7-14)17(23)12-25-18-20-19-13-22(18)15-8-10-16(24-2)11-9-15/h8-11,13-14H,3-7,12H2,1-2H3. The highest BCUT2D eigenvalue weighted by molar-refractivity contribution is 7.99. The quantitative estimate of drug-likeness (QED) is 0.710. The minimum atomic E-state index is 0.184. The average molecular weight is 360 g/mol. The van der Waals surface area contributed by atoms with Crippen LogP contribution in [0.1, 0.15) is 32.6 Å². The number of hydrogen-bond acceptors (Lipinski definition) is 5. The van der Waals surface area contributed by atoms with Gasteiger partial charge in [0, 0.05) is 18.3 Å². The zero-order valence-electron chi connectivity index (χ0n) is 14.7. The van der Waals surface area contributed by atoms with Gasteiger partial charge in [0.1, 0.15) is 12.1 Å². The Morgan fingerprint density at radius 3 is 2.68 bits per heavy atom. The number of carbonyl (C=O) groups excluding carboxylic acids is 1. The summed E-state index contributed by atoms with van der Waals surface area (Å²) in [4.78, 5) is 14.6. The van der Waals surface area contributed by atoms with Crippen LogP contribution in [0.4, 0.5) is 0 Å². The van der Waals surface area contributed by atoms with Crippen LogP contribution in [-0.4, -0.2) is 51.0 Å². The van der Waals surface area contributed by atoms with Gasteiger partial charge in [-0.1, -0.05) is 24.6 Å². The van der Waals surface area contributed by atoms with E-state index in [1.807, 2.05) is 33.7 Å². The topological polar surface area (TPSA) is 60.2 Å². The van der Waals surface area contributed by atoms with E-state index in [4.69, 9.17) is 4.74 Å². The number of carbonyl (C=O) groups is 1. The van der Waals surface area contributed by atoms with Crippen LogP contribution in [0.2, 0.25) is 0 Å². The van der Waals surface area contributed by atoms with E-state index in [0.717, 1.165) is 36.0 Å². The van der Waals surface area contributed by atoms with Crippen molar-refractivity contribution in [2.45, 2.75) is 43.8 Å². The van der Waals surface area contributed by atoms with Gasteiger partial charge in [-0.3, -0.25) is 9.36 Å². The Kier molecular flexibility index (Phi) is 5.96. The van der Waals surface area contributed by atoms with Gasteiger partial charge < -0.3 is 9.64 Å². The molecule has 2 aromatic rings. The zero-order valence-corrected chi connectivity index (χ0v) is 15.5. The minimum absolute atomic E-state index is 0.184. The Hall–Kier alpha value is -2.02. The van der Waals surface area contributed by atoms with Gasteiger partial charge in [-0.2, -0.15) is 0 Å². The van der Waals surface area contributed by atoms with Gasteiger partial charge in [0.25, 0.3) is 0 Å². The summed E-state index contributed by atoms with van der Waals surface area (Å²) in [6.45, 7) is 2.83. The molecule has 1 amide bonds. The SMILES string of the molecule is CCN(C(=O)CSc1nncn1-c1ccc(OC)cc1)C1CCCC1. The van der Waals surface area contributed by atoms with Gasteiger partial charge in [0.05, 0.1) is 12.9 Å². The third-order valence-corrected chi connectivity index (χ3v) is 5.55. The lowest BCUT2D eigenvalue weighted by Gasteiger charge is -2.27. The number of hydrogen-bond donors (Lipinski definition) is 0. The fourth-order valence-corrected chi connectivity index (χ4v) is 4.12. The van der Waals surface area contributed by atoms with Crippen molar-refractivity contribution >= 4 is 17.7 Å². The molecule has 1 aromatic carbocycles. The van der Waals surface area contributed by atoms with Crippen LogP contribution in [0.15, 0.2) is 35.7 Å². The second-order valence-corrected chi connectivity index (χ2v) is 7.03. The lowest BCUT2D eigenvalue weighted by molar-refractivity contribution is -0.130. The summed E-state index contributed by atoms with van der Waals surface area (Å²) in [6.07, 6.45) is 6.39. The summed E-state index contributed by atoms with van der Waals surface area (Å²) >= 11 is 1.44. The second-order valence-electron chi connectivity index (χ2n) is 6.09. The molecule has 1 aromatic heterocycles. The van der Waals surface area contributed by atoms with Crippen LogP contribution >= 0.6 is 11.8 Å². The lowest BCUT2D eigenvalue weighted by atomic mass is 10.2. The first-order valence-electron chi connectivity index (χ1n) is 8.69. The highest BCUT2D eigenvalue weighted by Crippen LogP contribution is 2.26. The zero-order chi connectivity index (χ0) is 17.6. The van der Waals surface area contributed by atoms with E-state index in [9.17, 15) is 4.79 Å². The van der Waals surface area contributed by atoms with Crippen molar-refractivity contribution in [1.29, 1.82) is 0 Å². The normalized spacial score (nSPS) is 14.6. The predicted octanol–water partition coefficient (Wildman–Crippen LogP) is 3.16. The van der Waals surface area contributed by atoms with Gasteiger partial charge >= 0.3 is 0 Å². The first-order valence-corrected chi connectivity index (χ1v) is 9.68. The van der Waals surface area contributed by atoms with E-state index in [2.05, 4.69) is 17.1 Å². The summed E-state index contributed by atoms with van der Waals surface area (Å²) in [5.41, 5.74) is 0.948. The molecule has 1 saturated carbocycles. The van der Waals surface area contributed by atoms with Crippen LogP contribution < -0.4 is 4.74 Å². The molecule has 6 nitrogen and oxygen atoms in total. The van der Waals surface area contributed by atoms with Crippen LogP contribution in [0, 0.1) is 0 Å². The first-order chi connectivity index (χ1) is 12.2. The fraction of sp³-hybridized carbons (Fsp3) is 0.500. The summed E-state index contributed by atoms with van der Waals surface area (Å²) in [5.74, 6) is 1.37. The number of methoxy groups -OCH3 is 1. The van der Waals surface area contributed by atoms with Gasteiger partial charge in [0.15, 0.2) is 5.16 Å². The molecule has 0 aliphatic heterocycles. The Labute approximate surface area is 152 Å². The van der Waals surface area contributed by atoms with E-state index in [-0.39, 0.29) is 5.91 Å². The fourth-order valence-electron chi connectivity index (χ4n) is 3.31. The van der Waals surface area contributed by atoms with Crippen molar-refractivity contribution in [1.82, 2.24) is 19.7 Å².